The van der Waals surface area contributed by atoms with Crippen molar-refractivity contribution in [1.29, 1.82) is 0 Å². The van der Waals surface area contributed by atoms with E-state index in [4.69, 9.17) is 4.74 Å². The third-order valence-corrected chi connectivity index (χ3v) is 4.78. The fourth-order valence-electron chi connectivity index (χ4n) is 3.21. The molecule has 0 unspecified atom stereocenters. The van der Waals surface area contributed by atoms with Crippen molar-refractivity contribution in [3.8, 4) is 5.75 Å². The molecular weight excluding hydrogens is 348 g/mol. The van der Waals surface area contributed by atoms with Gasteiger partial charge < -0.3 is 10.1 Å². The Bertz CT molecular complexity index is 748. The van der Waals surface area contributed by atoms with E-state index in [2.05, 4.69) is 17.7 Å². The van der Waals surface area contributed by atoms with Crippen LogP contribution in [0.1, 0.15) is 32.6 Å². The number of hydrogen-bond donors (Lipinski definition) is 2. The van der Waals surface area contributed by atoms with Crippen molar-refractivity contribution in [2.45, 2.75) is 38.1 Å². The highest BCUT2D eigenvalue weighted by atomic mass is 19.1. The van der Waals surface area contributed by atoms with Gasteiger partial charge in [-0.3, -0.25) is 15.0 Å². The smallest absolute Gasteiger partial charge is 0.344 e. The Balaban J connectivity index is 1.59. The van der Waals surface area contributed by atoms with Gasteiger partial charge in [0.2, 0.25) is 0 Å². The molecule has 1 saturated heterocycles. The third kappa shape index (κ3) is 3.47. The molecule has 1 heterocycles. The first-order valence-corrected chi connectivity index (χ1v) is 8.35. The van der Waals surface area contributed by atoms with Crippen molar-refractivity contribution in [1.82, 2.24) is 15.8 Å². The van der Waals surface area contributed by atoms with Crippen molar-refractivity contribution < 1.29 is 27.9 Å². The van der Waals surface area contributed by atoms with Gasteiger partial charge in [0.15, 0.2) is 18.2 Å². The molecular formula is C17H19F2N3O4. The average Bonchev–Trinajstić information content (AvgIpc) is 2.81. The van der Waals surface area contributed by atoms with Crippen LogP contribution in [0.4, 0.5) is 13.6 Å². The Morgan fingerprint density at radius 1 is 1.35 bits per heavy atom. The predicted molar refractivity (Wildman–Crippen MR) is 85.7 cm³/mol. The van der Waals surface area contributed by atoms with Gasteiger partial charge in [-0.25, -0.2) is 13.6 Å². The van der Waals surface area contributed by atoms with E-state index in [1.54, 1.807) is 0 Å². The third-order valence-electron chi connectivity index (χ3n) is 4.78. The number of nitrogens with zero attached hydrogens (tertiary/aromatic N) is 1. The highest BCUT2D eigenvalue weighted by Gasteiger charge is 2.52. The number of halogens is 2. The lowest BCUT2D eigenvalue weighted by Gasteiger charge is -2.33. The van der Waals surface area contributed by atoms with Crippen molar-refractivity contribution in [3.63, 3.8) is 0 Å². The van der Waals surface area contributed by atoms with Gasteiger partial charge in [-0.05, 0) is 43.7 Å². The van der Waals surface area contributed by atoms with Crippen LogP contribution in [-0.4, -0.2) is 35.0 Å². The SMILES string of the molecule is CC1CCC2(CC1)NC(=O)N(NC(=O)COc1ccc(F)cc1F)C2=O. The Kier molecular flexibility index (Phi) is 4.80. The summed E-state index contributed by atoms with van der Waals surface area (Å²) in [6.45, 7) is 1.45. The first-order chi connectivity index (χ1) is 12.3. The minimum Gasteiger partial charge on any atom is -0.481 e. The molecule has 7 nitrogen and oxygen atoms in total. The number of hydrogen-bond acceptors (Lipinski definition) is 4. The van der Waals surface area contributed by atoms with Crippen LogP contribution in [0.2, 0.25) is 0 Å². The molecule has 2 N–H and O–H groups in total. The first-order valence-electron chi connectivity index (χ1n) is 8.35. The summed E-state index contributed by atoms with van der Waals surface area (Å²) in [7, 11) is 0. The normalized spacial score (nSPS) is 25.3. The molecule has 0 aromatic heterocycles. The molecule has 1 saturated carbocycles. The van der Waals surface area contributed by atoms with Gasteiger partial charge >= 0.3 is 6.03 Å². The van der Waals surface area contributed by atoms with E-state index in [-0.39, 0.29) is 5.75 Å². The molecule has 1 aromatic carbocycles. The molecule has 0 atom stereocenters. The highest BCUT2D eigenvalue weighted by molar-refractivity contribution is 6.08. The summed E-state index contributed by atoms with van der Waals surface area (Å²) in [5.41, 5.74) is 1.20. The summed E-state index contributed by atoms with van der Waals surface area (Å²) < 4.78 is 31.3. The number of nitrogens with one attached hydrogen (secondary N) is 2. The molecule has 1 aromatic rings. The quantitative estimate of drug-likeness (QED) is 0.796. The van der Waals surface area contributed by atoms with Gasteiger partial charge in [0.1, 0.15) is 11.4 Å². The fraction of sp³-hybridized carbons (Fsp3) is 0.471. The second-order valence-electron chi connectivity index (χ2n) is 6.73. The maximum Gasteiger partial charge on any atom is 0.344 e. The fourth-order valence-corrected chi connectivity index (χ4v) is 3.21. The van der Waals surface area contributed by atoms with E-state index in [1.807, 2.05) is 0 Å². The Hall–Kier alpha value is -2.71. The number of amides is 4. The van der Waals surface area contributed by atoms with Crippen LogP contribution in [0.5, 0.6) is 5.75 Å². The molecule has 2 fully saturated rings. The van der Waals surface area contributed by atoms with Crippen molar-refractivity contribution in [2.75, 3.05) is 6.61 Å². The summed E-state index contributed by atoms with van der Waals surface area (Å²) in [4.78, 5) is 36.6. The lowest BCUT2D eigenvalue weighted by Crippen LogP contribution is -2.52. The number of rotatable bonds is 4. The van der Waals surface area contributed by atoms with Gasteiger partial charge in [-0.1, -0.05) is 6.92 Å². The molecule has 1 aliphatic heterocycles. The van der Waals surface area contributed by atoms with Crippen LogP contribution >= 0.6 is 0 Å². The van der Waals surface area contributed by atoms with Gasteiger partial charge in [-0.2, -0.15) is 5.01 Å². The van der Waals surface area contributed by atoms with Crippen LogP contribution in [-0.2, 0) is 9.59 Å². The van der Waals surface area contributed by atoms with Crippen LogP contribution in [0.15, 0.2) is 18.2 Å². The van der Waals surface area contributed by atoms with Gasteiger partial charge in [-0.15, -0.1) is 0 Å². The maximum absolute atomic E-state index is 13.5. The molecule has 26 heavy (non-hydrogen) atoms. The second-order valence-corrected chi connectivity index (χ2v) is 6.73. The summed E-state index contributed by atoms with van der Waals surface area (Å²) in [5.74, 6) is -2.87. The van der Waals surface area contributed by atoms with Gasteiger partial charge in [0, 0.05) is 6.07 Å². The van der Waals surface area contributed by atoms with Crippen molar-refractivity contribution in [3.05, 3.63) is 29.8 Å². The number of benzene rings is 1. The van der Waals surface area contributed by atoms with E-state index in [0.717, 1.165) is 25.0 Å². The van der Waals surface area contributed by atoms with E-state index >= 15 is 0 Å². The van der Waals surface area contributed by atoms with E-state index in [0.29, 0.717) is 29.8 Å². The molecule has 3 rings (SSSR count). The average molecular weight is 367 g/mol. The Morgan fingerprint density at radius 3 is 2.69 bits per heavy atom. The minimum absolute atomic E-state index is 0.309. The molecule has 0 bridgehead atoms. The summed E-state index contributed by atoms with van der Waals surface area (Å²) in [5, 5.41) is 3.31. The zero-order valence-corrected chi connectivity index (χ0v) is 14.2. The van der Waals surface area contributed by atoms with Crippen LogP contribution in [0.25, 0.3) is 0 Å². The predicted octanol–water partition coefficient (Wildman–Crippen LogP) is 1.88. The molecule has 2 aliphatic rings. The standard InChI is InChI=1S/C17H19F2N3O4/c1-10-4-6-17(7-5-10)15(24)22(16(25)20-17)21-14(23)9-26-13-3-2-11(18)8-12(13)19/h2-3,8,10H,4-7,9H2,1H3,(H,20,25)(H,21,23). The molecule has 1 spiro atoms. The molecule has 1 aliphatic carbocycles. The number of urea groups is 1. The minimum atomic E-state index is -0.971. The van der Waals surface area contributed by atoms with Crippen molar-refractivity contribution in [2.24, 2.45) is 5.92 Å². The highest BCUT2D eigenvalue weighted by Crippen LogP contribution is 2.35. The zero-order chi connectivity index (χ0) is 18.9. The number of carbonyl (C=O) groups excluding carboxylic acids is 3. The summed E-state index contributed by atoms with van der Waals surface area (Å²) >= 11 is 0. The summed E-state index contributed by atoms with van der Waals surface area (Å²) in [6.07, 6.45) is 2.65. The maximum atomic E-state index is 13.5. The lowest BCUT2D eigenvalue weighted by molar-refractivity contribution is -0.140. The summed E-state index contributed by atoms with van der Waals surface area (Å²) in [6, 6.07) is 1.95. The molecule has 140 valence electrons. The largest absolute Gasteiger partial charge is 0.481 e. The Labute approximate surface area is 148 Å². The molecule has 4 amide bonds. The van der Waals surface area contributed by atoms with Crippen molar-refractivity contribution >= 4 is 17.8 Å². The topological polar surface area (TPSA) is 87.7 Å². The van der Waals surface area contributed by atoms with Gasteiger partial charge in [0.05, 0.1) is 0 Å². The number of carbonyl (C=O) groups is 3. The number of ether oxygens (including phenoxy) is 1. The van der Waals surface area contributed by atoms with Crippen LogP contribution in [0, 0.1) is 17.6 Å². The number of imide groups is 1. The van der Waals surface area contributed by atoms with Crippen LogP contribution < -0.4 is 15.5 Å². The van der Waals surface area contributed by atoms with E-state index in [9.17, 15) is 23.2 Å². The van der Waals surface area contributed by atoms with E-state index < -0.39 is 41.6 Å². The second kappa shape index (κ2) is 6.89. The van der Waals surface area contributed by atoms with E-state index in [1.165, 1.54) is 0 Å². The monoisotopic (exact) mass is 367 g/mol. The van der Waals surface area contributed by atoms with Gasteiger partial charge in [0.25, 0.3) is 11.8 Å². The van der Waals surface area contributed by atoms with Crippen LogP contribution in [0.3, 0.4) is 0 Å². The first kappa shape index (κ1) is 18.1. The number of hydrazine groups is 1. The lowest BCUT2D eigenvalue weighted by atomic mass is 9.77. The Morgan fingerprint density at radius 2 is 2.04 bits per heavy atom. The molecule has 0 radical (unpaired) electrons. The molecule has 9 heteroatoms. The zero-order valence-electron chi connectivity index (χ0n) is 14.2.